The Balaban J connectivity index is 1.79. The molecule has 6 heteroatoms. The second kappa shape index (κ2) is 8.13. The quantitative estimate of drug-likeness (QED) is 0.283. The number of carbonyl (C=O) groups is 1. The zero-order valence-corrected chi connectivity index (χ0v) is 18.9. The van der Waals surface area contributed by atoms with Gasteiger partial charge in [0.1, 0.15) is 5.82 Å². The number of benzene rings is 3. The molecule has 0 saturated carbocycles. The van der Waals surface area contributed by atoms with Crippen LogP contribution in [0, 0.1) is 5.92 Å². The second-order valence-electron chi connectivity index (χ2n) is 8.62. The number of imidazole rings is 1. The molecule has 0 amide bonds. The molecule has 33 heavy (non-hydrogen) atoms. The fraction of sp³-hybridized carbons (Fsp3) is 0.185. The van der Waals surface area contributed by atoms with Crippen molar-refractivity contribution in [3.8, 4) is 17.1 Å². The summed E-state index contributed by atoms with van der Waals surface area (Å²) in [5.41, 5.74) is 12.3. The number of nitrogen functional groups attached to an aromatic ring is 1. The van der Waals surface area contributed by atoms with Gasteiger partial charge < -0.3 is 19.6 Å². The van der Waals surface area contributed by atoms with Crippen LogP contribution >= 0.6 is 0 Å². The number of hydrogen-bond acceptors (Lipinski definition) is 4. The molecule has 2 heterocycles. The predicted molar refractivity (Wildman–Crippen MR) is 133 cm³/mol. The van der Waals surface area contributed by atoms with E-state index in [1.807, 2.05) is 36.5 Å². The maximum absolute atomic E-state index is 12.1. The lowest BCUT2D eigenvalue weighted by molar-refractivity contribution is 0.0601. The van der Waals surface area contributed by atoms with Gasteiger partial charge in [-0.1, -0.05) is 38.1 Å². The van der Waals surface area contributed by atoms with E-state index in [1.54, 1.807) is 12.1 Å². The van der Waals surface area contributed by atoms with E-state index < -0.39 is 0 Å². The van der Waals surface area contributed by atoms with Gasteiger partial charge in [0.05, 0.1) is 40.6 Å². The molecular formula is C27H26N4O2. The Labute approximate surface area is 192 Å². The van der Waals surface area contributed by atoms with E-state index >= 15 is 0 Å². The topological polar surface area (TPSA) is 75.1 Å². The smallest absolute Gasteiger partial charge is 0.337 e. The number of ether oxygens (including phenoxy) is 1. The molecule has 0 aliphatic carbocycles. The standard InChI is InChI=1S/C27H26N4O2/c1-17(2)16-31-24-12-11-19(27(32)33-3)15-22(24)29-26(31)20-8-6-9-21(28)25(20)30-14-13-18-7-4-5-10-23(18)30/h4-15,17H,16,28H2,1-3H3. The lowest BCUT2D eigenvalue weighted by Gasteiger charge is -2.17. The fourth-order valence-corrected chi connectivity index (χ4v) is 4.42. The number of carbonyl (C=O) groups excluding carboxylic acids is 1. The first kappa shape index (κ1) is 20.8. The van der Waals surface area contributed by atoms with Gasteiger partial charge >= 0.3 is 5.97 Å². The number of aromatic nitrogens is 3. The van der Waals surface area contributed by atoms with Crippen LogP contribution in [0.5, 0.6) is 0 Å². The molecular weight excluding hydrogens is 412 g/mol. The first-order chi connectivity index (χ1) is 16.0. The summed E-state index contributed by atoms with van der Waals surface area (Å²) in [5, 5.41) is 1.14. The number of para-hydroxylation sites is 2. The molecule has 0 unspecified atom stereocenters. The lowest BCUT2D eigenvalue weighted by Crippen LogP contribution is -2.09. The predicted octanol–water partition coefficient (Wildman–Crippen LogP) is 5.67. The molecule has 2 N–H and O–H groups in total. The molecule has 2 aromatic heterocycles. The van der Waals surface area contributed by atoms with Crippen LogP contribution in [-0.2, 0) is 11.3 Å². The average molecular weight is 439 g/mol. The van der Waals surface area contributed by atoms with E-state index in [9.17, 15) is 4.79 Å². The molecule has 0 atom stereocenters. The largest absolute Gasteiger partial charge is 0.465 e. The van der Waals surface area contributed by atoms with Crippen molar-refractivity contribution >= 4 is 33.6 Å². The van der Waals surface area contributed by atoms with Crippen molar-refractivity contribution in [2.24, 2.45) is 5.92 Å². The van der Waals surface area contributed by atoms with Gasteiger partial charge in [-0.05, 0) is 53.8 Å². The molecule has 0 saturated heterocycles. The van der Waals surface area contributed by atoms with Crippen LogP contribution in [0.1, 0.15) is 24.2 Å². The Morgan fingerprint density at radius 1 is 1.03 bits per heavy atom. The number of esters is 1. The highest BCUT2D eigenvalue weighted by atomic mass is 16.5. The van der Waals surface area contributed by atoms with E-state index in [-0.39, 0.29) is 5.97 Å². The van der Waals surface area contributed by atoms with E-state index in [1.165, 1.54) is 7.11 Å². The SMILES string of the molecule is COC(=O)c1ccc2c(c1)nc(-c1cccc(N)c1-n1ccc3ccccc31)n2CC(C)C. The third-order valence-electron chi connectivity index (χ3n) is 5.87. The molecule has 0 bridgehead atoms. The van der Waals surface area contributed by atoms with Gasteiger partial charge in [0.25, 0.3) is 0 Å². The fourth-order valence-electron chi connectivity index (χ4n) is 4.42. The van der Waals surface area contributed by atoms with E-state index in [0.29, 0.717) is 17.2 Å². The third-order valence-corrected chi connectivity index (χ3v) is 5.87. The van der Waals surface area contributed by atoms with Gasteiger partial charge in [-0.15, -0.1) is 0 Å². The summed E-state index contributed by atoms with van der Waals surface area (Å²) in [6, 6.07) is 21.8. The number of methoxy groups -OCH3 is 1. The van der Waals surface area contributed by atoms with Gasteiger partial charge in [-0.3, -0.25) is 0 Å². The number of fused-ring (bicyclic) bond motifs is 2. The molecule has 166 valence electrons. The summed E-state index contributed by atoms with van der Waals surface area (Å²) in [5.74, 6) is 0.847. The van der Waals surface area contributed by atoms with Gasteiger partial charge in [0.15, 0.2) is 0 Å². The number of nitrogens with zero attached hydrogens (tertiary/aromatic N) is 3. The van der Waals surface area contributed by atoms with Crippen molar-refractivity contribution in [2.75, 3.05) is 12.8 Å². The highest BCUT2D eigenvalue weighted by Gasteiger charge is 2.20. The Hall–Kier alpha value is -4.06. The molecule has 0 spiro atoms. The molecule has 0 aliphatic heterocycles. The van der Waals surface area contributed by atoms with Crippen LogP contribution in [0.2, 0.25) is 0 Å². The summed E-state index contributed by atoms with van der Waals surface area (Å²) in [6.07, 6.45) is 2.05. The minimum atomic E-state index is -0.375. The summed E-state index contributed by atoms with van der Waals surface area (Å²) < 4.78 is 9.24. The number of nitrogens with two attached hydrogens (primary N) is 1. The Bertz CT molecular complexity index is 1490. The third kappa shape index (κ3) is 3.53. The van der Waals surface area contributed by atoms with Crippen LogP contribution in [0.25, 0.3) is 39.0 Å². The highest BCUT2D eigenvalue weighted by Crippen LogP contribution is 2.35. The zero-order chi connectivity index (χ0) is 23.1. The monoisotopic (exact) mass is 438 g/mol. The van der Waals surface area contributed by atoms with Gasteiger partial charge in [-0.2, -0.15) is 0 Å². The van der Waals surface area contributed by atoms with Crippen LogP contribution < -0.4 is 5.73 Å². The van der Waals surface area contributed by atoms with Gasteiger partial charge in [-0.25, -0.2) is 9.78 Å². The molecule has 3 aromatic carbocycles. The minimum Gasteiger partial charge on any atom is -0.465 e. The van der Waals surface area contributed by atoms with Crippen LogP contribution in [-0.4, -0.2) is 27.2 Å². The summed E-state index contributed by atoms with van der Waals surface area (Å²) >= 11 is 0. The van der Waals surface area contributed by atoms with Crippen LogP contribution in [0.15, 0.2) is 72.9 Å². The van der Waals surface area contributed by atoms with Crippen molar-refractivity contribution in [1.29, 1.82) is 0 Å². The second-order valence-corrected chi connectivity index (χ2v) is 8.62. The average Bonchev–Trinajstić information content (AvgIpc) is 3.39. The Kier molecular flexibility index (Phi) is 5.13. The zero-order valence-electron chi connectivity index (χ0n) is 18.9. The first-order valence-electron chi connectivity index (χ1n) is 11.0. The number of anilines is 1. The van der Waals surface area contributed by atoms with Crippen LogP contribution in [0.3, 0.4) is 0 Å². The van der Waals surface area contributed by atoms with Gasteiger partial charge in [0.2, 0.25) is 0 Å². The molecule has 5 aromatic rings. The maximum Gasteiger partial charge on any atom is 0.337 e. The number of rotatable bonds is 5. The van der Waals surface area contributed by atoms with E-state index in [2.05, 4.69) is 47.2 Å². The summed E-state index contributed by atoms with van der Waals surface area (Å²) in [7, 11) is 1.38. The number of hydrogen-bond donors (Lipinski definition) is 1. The van der Waals surface area contributed by atoms with E-state index in [0.717, 1.165) is 45.6 Å². The first-order valence-corrected chi connectivity index (χ1v) is 11.0. The van der Waals surface area contributed by atoms with Crippen molar-refractivity contribution in [2.45, 2.75) is 20.4 Å². The molecule has 6 nitrogen and oxygen atoms in total. The van der Waals surface area contributed by atoms with Gasteiger partial charge in [0, 0.05) is 18.3 Å². The lowest BCUT2D eigenvalue weighted by atomic mass is 10.1. The summed E-state index contributed by atoms with van der Waals surface area (Å²) in [6.45, 7) is 5.14. The molecule has 0 fully saturated rings. The molecule has 0 radical (unpaired) electrons. The minimum absolute atomic E-state index is 0.375. The van der Waals surface area contributed by atoms with Crippen molar-refractivity contribution in [3.63, 3.8) is 0 Å². The Morgan fingerprint density at radius 2 is 1.85 bits per heavy atom. The Morgan fingerprint density at radius 3 is 2.64 bits per heavy atom. The molecule has 0 aliphatic rings. The molecule has 5 rings (SSSR count). The van der Waals surface area contributed by atoms with Crippen molar-refractivity contribution in [3.05, 3.63) is 78.5 Å². The maximum atomic E-state index is 12.1. The van der Waals surface area contributed by atoms with Crippen LogP contribution in [0.4, 0.5) is 5.69 Å². The van der Waals surface area contributed by atoms with Crippen molar-refractivity contribution in [1.82, 2.24) is 14.1 Å². The summed E-state index contributed by atoms with van der Waals surface area (Å²) in [4.78, 5) is 17.1. The highest BCUT2D eigenvalue weighted by molar-refractivity contribution is 5.95. The van der Waals surface area contributed by atoms with Crippen molar-refractivity contribution < 1.29 is 9.53 Å². The normalized spacial score (nSPS) is 11.5. The van der Waals surface area contributed by atoms with E-state index in [4.69, 9.17) is 15.5 Å².